The molecule has 106 valence electrons. The van der Waals surface area contributed by atoms with Crippen LogP contribution in [0.15, 0.2) is 0 Å². The first-order valence-corrected chi connectivity index (χ1v) is 5.30. The average molecular weight is 272 g/mol. The van der Waals surface area contributed by atoms with Crippen LogP contribution in [0.25, 0.3) is 0 Å². The Hall–Kier alpha value is -2.04. The van der Waals surface area contributed by atoms with E-state index >= 15 is 0 Å². The maximum absolute atomic E-state index is 10.8. The van der Waals surface area contributed by atoms with Crippen LogP contribution in [0.5, 0.6) is 0 Å². The Kier molecular flexibility index (Phi) is 5.36. The average Bonchev–Trinajstić information content (AvgIpc) is 2.41. The fraction of sp³-hybridized carbons (Fsp3) is 0.556. The first kappa shape index (κ1) is 15.0. The number of aliphatic hydroxyl groups excluding tert-OH is 3. The molecule has 3 N–H and O–H groups in total. The first-order chi connectivity index (χ1) is 9.07. The van der Waals surface area contributed by atoms with Crippen LogP contribution in [0, 0.1) is 0 Å². The zero-order valence-electron chi connectivity index (χ0n) is 10.6. The number of aromatic nitrogens is 3. The van der Waals surface area contributed by atoms with Crippen LogP contribution >= 0.6 is 0 Å². The van der Waals surface area contributed by atoms with E-state index in [-0.39, 0.29) is 17.8 Å². The summed E-state index contributed by atoms with van der Waals surface area (Å²) in [7, 11) is 3.35. The van der Waals surface area contributed by atoms with Gasteiger partial charge in [-0.25, -0.2) is 0 Å². The molecule has 1 aromatic heterocycles. The van der Waals surface area contributed by atoms with E-state index in [0.29, 0.717) is 6.41 Å². The molecule has 0 fully saturated rings. The molecule has 10 heteroatoms. The van der Waals surface area contributed by atoms with E-state index in [9.17, 15) is 4.79 Å². The van der Waals surface area contributed by atoms with Gasteiger partial charge in [0, 0.05) is 14.1 Å². The van der Waals surface area contributed by atoms with Crippen molar-refractivity contribution >= 4 is 24.3 Å². The number of anilines is 3. The highest BCUT2D eigenvalue weighted by molar-refractivity contribution is 5.71. The molecule has 19 heavy (non-hydrogen) atoms. The fourth-order valence-corrected chi connectivity index (χ4v) is 1.13. The summed E-state index contributed by atoms with van der Waals surface area (Å²) >= 11 is 0. The summed E-state index contributed by atoms with van der Waals surface area (Å²) < 4.78 is 0. The molecule has 0 spiro atoms. The van der Waals surface area contributed by atoms with Gasteiger partial charge in [-0.15, -0.1) is 0 Å². The number of hydrogen-bond donors (Lipinski definition) is 3. The van der Waals surface area contributed by atoms with Gasteiger partial charge in [-0.1, -0.05) is 0 Å². The molecule has 0 bridgehead atoms. The molecule has 1 aromatic rings. The van der Waals surface area contributed by atoms with E-state index < -0.39 is 20.2 Å². The standard InChI is InChI=1S/C9H16N6O4/c1-13(2)7-10-8(14(3-16)4-17)12-9(11-7)15(5-18)6-19/h3,17-19H,4-6H2,1-2H3. The van der Waals surface area contributed by atoms with Crippen molar-refractivity contribution in [1.82, 2.24) is 15.0 Å². The third kappa shape index (κ3) is 3.47. The van der Waals surface area contributed by atoms with Gasteiger partial charge in [-0.2, -0.15) is 15.0 Å². The fourth-order valence-electron chi connectivity index (χ4n) is 1.13. The number of hydrogen-bond acceptors (Lipinski definition) is 9. The third-order valence-electron chi connectivity index (χ3n) is 2.16. The molecule has 0 saturated heterocycles. The molecular formula is C9H16N6O4. The summed E-state index contributed by atoms with van der Waals surface area (Å²) in [4.78, 5) is 26.1. The zero-order chi connectivity index (χ0) is 14.4. The van der Waals surface area contributed by atoms with Gasteiger partial charge in [0.1, 0.15) is 20.2 Å². The molecule has 0 aliphatic carbocycles. The molecule has 1 amide bonds. The van der Waals surface area contributed by atoms with Gasteiger partial charge in [0.2, 0.25) is 24.3 Å². The van der Waals surface area contributed by atoms with Crippen molar-refractivity contribution in [3.8, 4) is 0 Å². The lowest BCUT2D eigenvalue weighted by Gasteiger charge is -2.21. The molecule has 1 heterocycles. The first-order valence-electron chi connectivity index (χ1n) is 5.30. The topological polar surface area (TPSA) is 126 Å². The van der Waals surface area contributed by atoms with E-state index in [4.69, 9.17) is 15.3 Å². The molecule has 0 aromatic carbocycles. The van der Waals surface area contributed by atoms with Crippen molar-refractivity contribution in [3.05, 3.63) is 0 Å². The van der Waals surface area contributed by atoms with Gasteiger partial charge >= 0.3 is 0 Å². The smallest absolute Gasteiger partial charge is 0.240 e. The number of carbonyl (C=O) groups excluding carboxylic acids is 1. The van der Waals surface area contributed by atoms with E-state index in [1.165, 1.54) is 0 Å². The molecule has 1 rings (SSSR count). The normalized spacial score (nSPS) is 10.2. The molecule has 0 radical (unpaired) electrons. The van der Waals surface area contributed by atoms with E-state index in [1.807, 2.05) is 0 Å². The van der Waals surface area contributed by atoms with Crippen molar-refractivity contribution in [1.29, 1.82) is 0 Å². The number of nitrogens with zero attached hydrogens (tertiary/aromatic N) is 6. The maximum Gasteiger partial charge on any atom is 0.240 e. The predicted octanol–water partition coefficient (Wildman–Crippen LogP) is -2.44. The minimum absolute atomic E-state index is 0.0148. The SMILES string of the molecule is CN(C)c1nc(N(C=O)CO)nc(N(CO)CO)n1. The Morgan fingerprint density at radius 3 is 1.89 bits per heavy atom. The molecular weight excluding hydrogens is 256 g/mol. The molecule has 0 unspecified atom stereocenters. The van der Waals surface area contributed by atoms with Crippen LogP contribution < -0.4 is 14.7 Å². The number of amides is 1. The monoisotopic (exact) mass is 272 g/mol. The van der Waals surface area contributed by atoms with Crippen LogP contribution in [0.2, 0.25) is 0 Å². The summed E-state index contributed by atoms with van der Waals surface area (Å²) in [5.41, 5.74) is 0. The van der Waals surface area contributed by atoms with Crippen LogP contribution in [0.1, 0.15) is 0 Å². The Bertz CT molecular complexity index is 425. The van der Waals surface area contributed by atoms with Crippen molar-refractivity contribution < 1.29 is 20.1 Å². The Morgan fingerprint density at radius 2 is 1.47 bits per heavy atom. The number of carbonyl (C=O) groups is 1. The lowest BCUT2D eigenvalue weighted by atomic mass is 10.6. The summed E-state index contributed by atoms with van der Waals surface area (Å²) in [5.74, 6) is 0.115. The quantitative estimate of drug-likeness (QED) is 0.366. The van der Waals surface area contributed by atoms with Gasteiger partial charge in [-0.3, -0.25) is 14.6 Å². The minimum atomic E-state index is -0.599. The van der Waals surface area contributed by atoms with Gasteiger partial charge < -0.3 is 20.2 Å². The molecule has 10 nitrogen and oxygen atoms in total. The number of rotatable bonds is 7. The second-order valence-electron chi connectivity index (χ2n) is 3.67. The summed E-state index contributed by atoms with van der Waals surface area (Å²) in [5, 5.41) is 27.2. The lowest BCUT2D eigenvalue weighted by molar-refractivity contribution is -0.108. The van der Waals surface area contributed by atoms with Crippen molar-refractivity contribution in [2.75, 3.05) is 49.0 Å². The van der Waals surface area contributed by atoms with E-state index in [2.05, 4.69) is 15.0 Å². The predicted molar refractivity (Wildman–Crippen MR) is 66.4 cm³/mol. The Labute approximate surface area is 109 Å². The highest BCUT2D eigenvalue weighted by Crippen LogP contribution is 2.16. The van der Waals surface area contributed by atoms with Crippen molar-refractivity contribution in [2.45, 2.75) is 0 Å². The minimum Gasteiger partial charge on any atom is -0.376 e. The van der Waals surface area contributed by atoms with Gasteiger partial charge in [0.05, 0.1) is 0 Å². The summed E-state index contributed by atoms with van der Waals surface area (Å²) in [6.45, 7) is -1.61. The van der Waals surface area contributed by atoms with Crippen LogP contribution in [0.3, 0.4) is 0 Å². The lowest BCUT2D eigenvalue weighted by Crippen LogP contribution is -2.31. The molecule has 0 atom stereocenters. The van der Waals surface area contributed by atoms with Crippen molar-refractivity contribution in [3.63, 3.8) is 0 Å². The van der Waals surface area contributed by atoms with Gasteiger partial charge in [0.25, 0.3) is 0 Å². The highest BCUT2D eigenvalue weighted by Gasteiger charge is 2.16. The van der Waals surface area contributed by atoms with E-state index in [1.54, 1.807) is 19.0 Å². The second kappa shape index (κ2) is 6.78. The third-order valence-corrected chi connectivity index (χ3v) is 2.16. The Morgan fingerprint density at radius 1 is 0.947 bits per heavy atom. The largest absolute Gasteiger partial charge is 0.376 e. The van der Waals surface area contributed by atoms with E-state index in [0.717, 1.165) is 9.80 Å². The van der Waals surface area contributed by atoms with Crippen molar-refractivity contribution in [2.24, 2.45) is 0 Å². The van der Waals surface area contributed by atoms with Crippen LogP contribution in [-0.2, 0) is 4.79 Å². The van der Waals surface area contributed by atoms with Crippen LogP contribution in [-0.4, -0.2) is 71.0 Å². The zero-order valence-corrected chi connectivity index (χ0v) is 10.6. The summed E-state index contributed by atoms with van der Waals surface area (Å²) in [6.07, 6.45) is 0.362. The summed E-state index contributed by atoms with van der Waals surface area (Å²) in [6, 6.07) is 0. The number of aliphatic hydroxyl groups is 3. The molecule has 0 saturated carbocycles. The second-order valence-corrected chi connectivity index (χ2v) is 3.67. The molecule has 0 aliphatic rings. The maximum atomic E-state index is 10.8. The van der Waals surface area contributed by atoms with Gasteiger partial charge in [0.15, 0.2) is 0 Å². The van der Waals surface area contributed by atoms with Gasteiger partial charge in [-0.05, 0) is 0 Å². The Balaban J connectivity index is 3.28. The highest BCUT2D eigenvalue weighted by atomic mass is 16.3. The van der Waals surface area contributed by atoms with Crippen LogP contribution in [0.4, 0.5) is 17.8 Å². The molecule has 0 aliphatic heterocycles.